The van der Waals surface area contributed by atoms with Crippen LogP contribution in [0.5, 0.6) is 0 Å². The number of rotatable bonds is 7. The lowest BCUT2D eigenvalue weighted by Gasteiger charge is -2.07. The van der Waals surface area contributed by atoms with Crippen LogP contribution >= 0.6 is 23.5 Å². The first-order valence-corrected chi connectivity index (χ1v) is 10.2. The number of amides is 1. The lowest BCUT2D eigenvalue weighted by Crippen LogP contribution is -2.17. The third-order valence-electron chi connectivity index (χ3n) is 3.55. The highest BCUT2D eigenvalue weighted by atomic mass is 32.2. The number of aromatic nitrogens is 2. The van der Waals surface area contributed by atoms with Gasteiger partial charge in [-0.25, -0.2) is 18.2 Å². The molecule has 0 aliphatic rings. The molecule has 0 spiro atoms. The number of nitrogens with one attached hydrogen (secondary N) is 2. The minimum atomic E-state index is -1.66. The Balaban J connectivity index is 1.60. The summed E-state index contributed by atoms with van der Waals surface area (Å²) in [5.74, 6) is -4.89. The van der Waals surface area contributed by atoms with Crippen molar-refractivity contribution in [3.63, 3.8) is 0 Å². The third kappa shape index (κ3) is 5.88. The van der Waals surface area contributed by atoms with Gasteiger partial charge in [-0.15, -0.1) is 11.8 Å². The molecule has 5 nitrogen and oxygen atoms in total. The second kappa shape index (κ2) is 9.66. The molecule has 150 valence electrons. The number of thioether (sulfide) groups is 2. The van der Waals surface area contributed by atoms with Crippen LogP contribution in [0, 0.1) is 17.5 Å². The molecule has 1 heterocycles. The standard InChI is InChI=1S/C19H14F3N3O2S2/c20-13-6-7-14(18(22)17(13)21)24-16(27)10-29-19-23-11(8-15(26)25-19)9-28-12-4-2-1-3-5-12/h1-8H,9-10H2,(H,24,27)(H,23,25,26). The van der Waals surface area contributed by atoms with Gasteiger partial charge < -0.3 is 10.3 Å². The molecule has 0 radical (unpaired) electrons. The minimum absolute atomic E-state index is 0.212. The highest BCUT2D eigenvalue weighted by Crippen LogP contribution is 2.23. The molecule has 0 atom stereocenters. The number of nitrogens with zero attached hydrogens (tertiary/aromatic N) is 1. The first kappa shape index (κ1) is 21.0. The van der Waals surface area contributed by atoms with Crippen molar-refractivity contribution >= 4 is 35.1 Å². The van der Waals surface area contributed by atoms with Gasteiger partial charge in [-0.3, -0.25) is 9.59 Å². The van der Waals surface area contributed by atoms with Crippen LogP contribution in [0.25, 0.3) is 0 Å². The van der Waals surface area contributed by atoms with Gasteiger partial charge in [-0.05, 0) is 24.3 Å². The Bertz CT molecular complexity index is 1080. The second-order valence-electron chi connectivity index (χ2n) is 5.70. The summed E-state index contributed by atoms with van der Waals surface area (Å²) in [6, 6.07) is 12.6. The Labute approximate surface area is 172 Å². The molecule has 0 saturated carbocycles. The van der Waals surface area contributed by atoms with Gasteiger partial charge in [0.2, 0.25) is 5.91 Å². The predicted molar refractivity (Wildman–Crippen MR) is 107 cm³/mol. The number of carbonyl (C=O) groups is 1. The Morgan fingerprint density at radius 3 is 2.55 bits per heavy atom. The van der Waals surface area contributed by atoms with Gasteiger partial charge in [0.1, 0.15) is 0 Å². The van der Waals surface area contributed by atoms with E-state index in [0.29, 0.717) is 17.5 Å². The molecule has 10 heteroatoms. The third-order valence-corrected chi connectivity index (χ3v) is 5.47. The van der Waals surface area contributed by atoms with Gasteiger partial charge in [-0.1, -0.05) is 30.0 Å². The zero-order chi connectivity index (χ0) is 20.8. The first-order chi connectivity index (χ1) is 13.9. The summed E-state index contributed by atoms with van der Waals surface area (Å²) in [5, 5.41) is 2.38. The molecule has 0 aliphatic heterocycles. The second-order valence-corrected chi connectivity index (χ2v) is 7.72. The fraction of sp³-hybridized carbons (Fsp3) is 0.105. The fourth-order valence-corrected chi connectivity index (χ4v) is 3.75. The van der Waals surface area contributed by atoms with E-state index in [-0.39, 0.29) is 16.5 Å². The van der Waals surface area contributed by atoms with Crippen LogP contribution in [0.3, 0.4) is 0 Å². The average molecular weight is 437 g/mol. The van der Waals surface area contributed by atoms with Crippen molar-refractivity contribution in [2.45, 2.75) is 15.8 Å². The molecule has 2 aromatic carbocycles. The molecular weight excluding hydrogens is 423 g/mol. The molecule has 2 N–H and O–H groups in total. The van der Waals surface area contributed by atoms with Gasteiger partial charge in [0, 0.05) is 16.7 Å². The van der Waals surface area contributed by atoms with Crippen LogP contribution in [0.2, 0.25) is 0 Å². The fourth-order valence-electron chi connectivity index (χ4n) is 2.24. The maximum atomic E-state index is 13.6. The molecule has 0 bridgehead atoms. The number of halogens is 3. The van der Waals surface area contributed by atoms with Crippen LogP contribution in [0.4, 0.5) is 18.9 Å². The summed E-state index contributed by atoms with van der Waals surface area (Å²) in [6.45, 7) is 0. The SMILES string of the molecule is O=C(CSc1nc(CSc2ccccc2)cc(=O)[nH]1)Nc1ccc(F)c(F)c1F. The number of carbonyl (C=O) groups excluding carboxylic acids is 1. The van der Waals surface area contributed by atoms with E-state index >= 15 is 0 Å². The van der Waals surface area contributed by atoms with Gasteiger partial charge in [0.05, 0.1) is 17.1 Å². The van der Waals surface area contributed by atoms with E-state index in [1.165, 1.54) is 17.8 Å². The van der Waals surface area contributed by atoms with Crippen LogP contribution in [-0.2, 0) is 10.5 Å². The van der Waals surface area contributed by atoms with E-state index in [0.717, 1.165) is 22.7 Å². The maximum Gasteiger partial charge on any atom is 0.251 e. The van der Waals surface area contributed by atoms with E-state index in [4.69, 9.17) is 0 Å². The summed E-state index contributed by atoms with van der Waals surface area (Å²) in [5.41, 5.74) is -0.292. The summed E-state index contributed by atoms with van der Waals surface area (Å²) >= 11 is 2.44. The van der Waals surface area contributed by atoms with Gasteiger partial charge in [0.25, 0.3) is 5.56 Å². The molecule has 1 amide bonds. The Morgan fingerprint density at radius 1 is 1.03 bits per heavy atom. The molecule has 29 heavy (non-hydrogen) atoms. The van der Waals surface area contributed by atoms with E-state index < -0.39 is 29.0 Å². The van der Waals surface area contributed by atoms with Crippen molar-refractivity contribution in [3.05, 3.63) is 82.0 Å². The summed E-state index contributed by atoms with van der Waals surface area (Å²) in [7, 11) is 0. The topological polar surface area (TPSA) is 74.8 Å². The van der Waals surface area contributed by atoms with Gasteiger partial charge >= 0.3 is 0 Å². The number of benzene rings is 2. The lowest BCUT2D eigenvalue weighted by molar-refractivity contribution is -0.113. The zero-order valence-corrected chi connectivity index (χ0v) is 16.4. The van der Waals surface area contributed by atoms with Crippen LogP contribution in [0.15, 0.2) is 63.4 Å². The molecule has 1 aromatic heterocycles. The van der Waals surface area contributed by atoms with Crippen molar-refractivity contribution in [1.29, 1.82) is 0 Å². The number of aromatic amines is 1. The monoisotopic (exact) mass is 437 g/mol. The lowest BCUT2D eigenvalue weighted by atomic mass is 10.3. The highest BCUT2D eigenvalue weighted by molar-refractivity contribution is 7.99. The van der Waals surface area contributed by atoms with Gasteiger partial charge in [0.15, 0.2) is 22.6 Å². The van der Waals surface area contributed by atoms with E-state index in [2.05, 4.69) is 15.3 Å². The van der Waals surface area contributed by atoms with Crippen molar-refractivity contribution < 1.29 is 18.0 Å². The summed E-state index contributed by atoms with van der Waals surface area (Å²) in [6.07, 6.45) is 0. The van der Waals surface area contributed by atoms with E-state index in [9.17, 15) is 22.8 Å². The van der Waals surface area contributed by atoms with Gasteiger partial charge in [-0.2, -0.15) is 0 Å². The summed E-state index contributed by atoms with van der Waals surface area (Å²) in [4.78, 5) is 31.6. The molecule has 3 aromatic rings. The van der Waals surface area contributed by atoms with Crippen LogP contribution in [0.1, 0.15) is 5.69 Å². The molecule has 3 rings (SSSR count). The smallest absolute Gasteiger partial charge is 0.251 e. The van der Waals surface area contributed by atoms with Crippen LogP contribution < -0.4 is 10.9 Å². The number of hydrogen-bond donors (Lipinski definition) is 2. The molecule has 0 saturated heterocycles. The predicted octanol–water partition coefficient (Wildman–Crippen LogP) is 4.21. The number of anilines is 1. The molecule has 0 aliphatic carbocycles. The highest BCUT2D eigenvalue weighted by Gasteiger charge is 2.15. The first-order valence-electron chi connectivity index (χ1n) is 8.26. The summed E-state index contributed by atoms with van der Waals surface area (Å²) < 4.78 is 39.8. The molecule has 0 unspecified atom stereocenters. The average Bonchev–Trinajstić information content (AvgIpc) is 2.72. The normalized spacial score (nSPS) is 10.7. The number of hydrogen-bond acceptors (Lipinski definition) is 5. The Hall–Kier alpha value is -2.72. The van der Waals surface area contributed by atoms with Crippen molar-refractivity contribution in [3.8, 4) is 0 Å². The quantitative estimate of drug-likeness (QED) is 0.329. The largest absolute Gasteiger partial charge is 0.323 e. The molecule has 0 fully saturated rings. The zero-order valence-electron chi connectivity index (χ0n) is 14.7. The molecular formula is C19H14F3N3O2S2. The van der Waals surface area contributed by atoms with Crippen molar-refractivity contribution in [1.82, 2.24) is 9.97 Å². The maximum absolute atomic E-state index is 13.6. The van der Waals surface area contributed by atoms with Crippen LogP contribution in [-0.4, -0.2) is 21.6 Å². The Kier molecular flexibility index (Phi) is 6.99. The van der Waals surface area contributed by atoms with Crippen molar-refractivity contribution in [2.24, 2.45) is 0 Å². The van der Waals surface area contributed by atoms with E-state index in [1.54, 1.807) is 0 Å². The van der Waals surface area contributed by atoms with Crippen molar-refractivity contribution in [2.75, 3.05) is 11.1 Å². The minimum Gasteiger partial charge on any atom is -0.323 e. The number of H-pyrrole nitrogens is 1. The Morgan fingerprint density at radius 2 is 1.79 bits per heavy atom. The van der Waals surface area contributed by atoms with E-state index in [1.807, 2.05) is 30.3 Å².